The van der Waals surface area contributed by atoms with E-state index in [2.05, 4.69) is 23.0 Å². The number of nitrogens with two attached hydrogens (primary N) is 1. The Balaban J connectivity index is 2.08. The van der Waals surface area contributed by atoms with E-state index in [0.717, 1.165) is 12.1 Å². The summed E-state index contributed by atoms with van der Waals surface area (Å²) in [4.78, 5) is 1.25. The van der Waals surface area contributed by atoms with Crippen molar-refractivity contribution < 1.29 is 0 Å². The smallest absolute Gasteiger partial charge is 0.0752 e. The zero-order valence-electron chi connectivity index (χ0n) is 9.10. The molecule has 82 valence electrons. The number of thiophene rings is 1. The third-order valence-corrected chi connectivity index (χ3v) is 2.99. The first-order valence-electron chi connectivity index (χ1n) is 5.03. The highest BCUT2D eigenvalue weighted by Crippen LogP contribution is 2.15. The zero-order valence-corrected chi connectivity index (χ0v) is 9.92. The molecule has 0 saturated carbocycles. The lowest BCUT2D eigenvalue weighted by atomic mass is 10.3. The first kappa shape index (κ1) is 10.9. The van der Waals surface area contributed by atoms with Crippen LogP contribution in [0.1, 0.15) is 16.0 Å². The maximum absolute atomic E-state index is 5.33. The van der Waals surface area contributed by atoms with Crippen LogP contribution in [-0.2, 0) is 6.54 Å². The second kappa shape index (κ2) is 4.97. The summed E-state index contributed by atoms with van der Waals surface area (Å²) in [6, 6.07) is 2.09. The molecule has 0 unspecified atom stereocenters. The van der Waals surface area contributed by atoms with Gasteiger partial charge in [0.2, 0.25) is 0 Å². The second-order valence-corrected chi connectivity index (χ2v) is 4.52. The molecule has 0 radical (unpaired) electrons. The van der Waals surface area contributed by atoms with Crippen LogP contribution in [0, 0.1) is 18.8 Å². The molecule has 2 N–H and O–H groups in total. The van der Waals surface area contributed by atoms with Gasteiger partial charge < -0.3 is 5.73 Å². The van der Waals surface area contributed by atoms with Crippen LogP contribution >= 0.6 is 11.3 Å². The summed E-state index contributed by atoms with van der Waals surface area (Å²) < 4.78 is 1.93. The molecular weight excluding hydrogens is 218 g/mol. The maximum atomic E-state index is 5.33. The van der Waals surface area contributed by atoms with Gasteiger partial charge in [0.15, 0.2) is 0 Å². The summed E-state index contributed by atoms with van der Waals surface area (Å²) in [5.41, 5.74) is 7.54. The van der Waals surface area contributed by atoms with E-state index in [1.54, 1.807) is 11.3 Å². The Kier molecular flexibility index (Phi) is 3.40. The molecule has 0 atom stereocenters. The largest absolute Gasteiger partial charge is 0.320 e. The molecule has 2 rings (SSSR count). The molecule has 0 amide bonds. The van der Waals surface area contributed by atoms with E-state index >= 15 is 0 Å². The van der Waals surface area contributed by atoms with Crippen LogP contribution in [0.15, 0.2) is 23.8 Å². The predicted octanol–water partition coefficient (Wildman–Crippen LogP) is 1.61. The molecule has 0 aliphatic carbocycles. The van der Waals surface area contributed by atoms with Gasteiger partial charge in [-0.3, -0.25) is 4.68 Å². The molecule has 3 nitrogen and oxygen atoms in total. The van der Waals surface area contributed by atoms with Gasteiger partial charge in [-0.05, 0) is 18.6 Å². The summed E-state index contributed by atoms with van der Waals surface area (Å²) in [5, 5.41) is 6.30. The number of rotatable bonds is 2. The van der Waals surface area contributed by atoms with E-state index < -0.39 is 0 Å². The highest BCUT2D eigenvalue weighted by molar-refractivity contribution is 7.10. The molecule has 16 heavy (non-hydrogen) atoms. The fourth-order valence-electron chi connectivity index (χ4n) is 1.40. The number of hydrogen-bond donors (Lipinski definition) is 1. The van der Waals surface area contributed by atoms with Gasteiger partial charge in [0, 0.05) is 22.0 Å². The Bertz CT molecular complexity index is 528. The van der Waals surface area contributed by atoms with Crippen LogP contribution in [0.2, 0.25) is 0 Å². The second-order valence-electron chi connectivity index (χ2n) is 3.52. The Morgan fingerprint density at radius 1 is 1.56 bits per heavy atom. The number of aryl methyl sites for hydroxylation is 1. The lowest BCUT2D eigenvalue weighted by Crippen LogP contribution is -1.97. The summed E-state index contributed by atoms with van der Waals surface area (Å²) in [6.07, 6.45) is 3.90. The van der Waals surface area contributed by atoms with Crippen LogP contribution in [0.25, 0.3) is 0 Å². The molecule has 2 aromatic rings. The molecule has 2 aromatic heterocycles. The van der Waals surface area contributed by atoms with E-state index in [-0.39, 0.29) is 0 Å². The van der Waals surface area contributed by atoms with Crippen LogP contribution in [0.5, 0.6) is 0 Å². The van der Waals surface area contributed by atoms with E-state index in [9.17, 15) is 0 Å². The van der Waals surface area contributed by atoms with Gasteiger partial charge in [-0.15, -0.1) is 11.3 Å². The van der Waals surface area contributed by atoms with Crippen molar-refractivity contribution in [3.63, 3.8) is 0 Å². The highest BCUT2D eigenvalue weighted by Gasteiger charge is 2.00. The minimum absolute atomic E-state index is 0.406. The maximum Gasteiger partial charge on any atom is 0.0752 e. The van der Waals surface area contributed by atoms with Gasteiger partial charge in [-0.25, -0.2) is 0 Å². The van der Waals surface area contributed by atoms with Crippen molar-refractivity contribution in [1.29, 1.82) is 0 Å². The summed E-state index contributed by atoms with van der Waals surface area (Å²) >= 11 is 1.70. The molecule has 0 aromatic carbocycles. The molecular formula is C12H13N3S. The van der Waals surface area contributed by atoms with Crippen molar-refractivity contribution in [1.82, 2.24) is 9.78 Å². The minimum Gasteiger partial charge on any atom is -0.320 e. The molecule has 0 spiro atoms. The van der Waals surface area contributed by atoms with Gasteiger partial charge in [0.05, 0.1) is 19.3 Å². The monoisotopic (exact) mass is 231 g/mol. The molecule has 0 saturated heterocycles. The van der Waals surface area contributed by atoms with Gasteiger partial charge >= 0.3 is 0 Å². The topological polar surface area (TPSA) is 43.8 Å². The lowest BCUT2D eigenvalue weighted by Gasteiger charge is -1.96. The minimum atomic E-state index is 0.406. The summed E-state index contributed by atoms with van der Waals surface area (Å²) in [5.74, 6) is 5.87. The highest BCUT2D eigenvalue weighted by atomic mass is 32.1. The zero-order chi connectivity index (χ0) is 11.4. The molecule has 0 fully saturated rings. The third kappa shape index (κ3) is 2.72. The third-order valence-electron chi connectivity index (χ3n) is 2.07. The van der Waals surface area contributed by atoms with Crippen LogP contribution in [0.4, 0.5) is 0 Å². The van der Waals surface area contributed by atoms with Crippen LogP contribution < -0.4 is 5.73 Å². The number of aromatic nitrogens is 2. The quantitative estimate of drug-likeness (QED) is 0.798. The predicted molar refractivity (Wildman–Crippen MR) is 66.3 cm³/mol. The molecule has 0 bridgehead atoms. The average Bonchev–Trinajstić information content (AvgIpc) is 2.86. The molecule has 0 aliphatic heterocycles. The van der Waals surface area contributed by atoms with E-state index in [4.69, 9.17) is 5.73 Å². The van der Waals surface area contributed by atoms with Crippen molar-refractivity contribution in [3.8, 4) is 11.8 Å². The Labute approximate surface area is 98.9 Å². The van der Waals surface area contributed by atoms with Gasteiger partial charge in [-0.1, -0.05) is 11.8 Å². The number of hydrogen-bond acceptors (Lipinski definition) is 3. The average molecular weight is 231 g/mol. The van der Waals surface area contributed by atoms with Crippen molar-refractivity contribution >= 4 is 11.3 Å². The standard InChI is InChI=1S/C12H13N3S/c1-10-6-14-15(7-10)8-12-5-11(9-16-12)3-2-4-13/h5-7,9H,4,8,13H2,1H3. The van der Waals surface area contributed by atoms with E-state index in [0.29, 0.717) is 6.54 Å². The lowest BCUT2D eigenvalue weighted by molar-refractivity contribution is 0.694. The van der Waals surface area contributed by atoms with Crippen molar-refractivity contribution in [3.05, 3.63) is 39.8 Å². The van der Waals surface area contributed by atoms with Gasteiger partial charge in [0.25, 0.3) is 0 Å². The summed E-state index contributed by atoms with van der Waals surface area (Å²) in [6.45, 7) is 3.25. The Morgan fingerprint density at radius 2 is 2.44 bits per heavy atom. The van der Waals surface area contributed by atoms with E-state index in [1.165, 1.54) is 10.4 Å². The van der Waals surface area contributed by atoms with E-state index in [1.807, 2.05) is 29.4 Å². The van der Waals surface area contributed by atoms with Crippen LogP contribution in [-0.4, -0.2) is 16.3 Å². The molecule has 4 heteroatoms. The normalized spacial score (nSPS) is 9.88. The van der Waals surface area contributed by atoms with Crippen molar-refractivity contribution in [2.45, 2.75) is 13.5 Å². The fourth-order valence-corrected chi connectivity index (χ4v) is 2.20. The molecule has 2 heterocycles. The SMILES string of the molecule is Cc1cnn(Cc2cc(C#CCN)cs2)c1. The van der Waals surface area contributed by atoms with Gasteiger partial charge in [-0.2, -0.15) is 5.10 Å². The first-order valence-corrected chi connectivity index (χ1v) is 5.91. The molecule has 0 aliphatic rings. The fraction of sp³-hybridized carbons (Fsp3) is 0.250. The number of nitrogens with zero attached hydrogens (tertiary/aromatic N) is 2. The van der Waals surface area contributed by atoms with Crippen molar-refractivity contribution in [2.24, 2.45) is 5.73 Å². The Morgan fingerprint density at radius 3 is 3.12 bits per heavy atom. The van der Waals surface area contributed by atoms with Gasteiger partial charge in [0.1, 0.15) is 0 Å². The summed E-state index contributed by atoms with van der Waals surface area (Å²) in [7, 11) is 0. The van der Waals surface area contributed by atoms with Crippen LogP contribution in [0.3, 0.4) is 0 Å². The van der Waals surface area contributed by atoms with Crippen molar-refractivity contribution in [2.75, 3.05) is 6.54 Å². The first-order chi connectivity index (χ1) is 7.78. The Hall–Kier alpha value is -1.57.